The van der Waals surface area contributed by atoms with Crippen molar-refractivity contribution in [1.29, 1.82) is 0 Å². The Labute approximate surface area is 241 Å². The van der Waals surface area contributed by atoms with Crippen LogP contribution in [0.3, 0.4) is 0 Å². The van der Waals surface area contributed by atoms with Crippen LogP contribution in [0.15, 0.2) is 30.3 Å². The van der Waals surface area contributed by atoms with E-state index in [0.717, 1.165) is 33.3 Å². The van der Waals surface area contributed by atoms with Crippen LogP contribution in [0.1, 0.15) is 33.3 Å². The van der Waals surface area contributed by atoms with Crippen molar-refractivity contribution < 1.29 is 67.7 Å². The quantitative estimate of drug-likeness (QED) is 0.172. The van der Waals surface area contributed by atoms with E-state index in [9.17, 15) is 34.5 Å². The number of benzene rings is 1. The van der Waals surface area contributed by atoms with Gasteiger partial charge in [0.15, 0.2) is 30.9 Å². The predicted octanol–water partition coefficient (Wildman–Crippen LogP) is -1.32. The van der Waals surface area contributed by atoms with Crippen molar-refractivity contribution in [2.75, 3.05) is 13.2 Å². The van der Waals surface area contributed by atoms with Crippen molar-refractivity contribution in [3.63, 3.8) is 0 Å². The summed E-state index contributed by atoms with van der Waals surface area (Å²) in [6.45, 7) is 3.66. The number of esters is 3. The van der Waals surface area contributed by atoms with E-state index in [0.29, 0.717) is 0 Å². The van der Waals surface area contributed by atoms with Gasteiger partial charge in [-0.25, -0.2) is 0 Å². The maximum atomic E-state index is 12.1. The highest BCUT2D eigenvalue weighted by Crippen LogP contribution is 2.33. The number of ether oxygens (including phenoxy) is 7. The predicted molar refractivity (Wildman–Crippen MR) is 138 cm³/mol. The number of amides is 1. The van der Waals surface area contributed by atoms with E-state index >= 15 is 0 Å². The molecule has 1 aromatic rings. The first-order valence-corrected chi connectivity index (χ1v) is 13.2. The summed E-state index contributed by atoms with van der Waals surface area (Å²) in [6.07, 6.45) is -13.3. The average molecular weight is 600 g/mol. The van der Waals surface area contributed by atoms with Gasteiger partial charge in [0.05, 0.1) is 19.8 Å². The zero-order chi connectivity index (χ0) is 31.0. The summed E-state index contributed by atoms with van der Waals surface area (Å²) in [4.78, 5) is 48.2. The maximum absolute atomic E-state index is 12.1. The van der Waals surface area contributed by atoms with Crippen molar-refractivity contribution in [3.8, 4) is 0 Å². The molecular weight excluding hydrogens is 562 g/mol. The number of rotatable bonds is 11. The zero-order valence-corrected chi connectivity index (χ0v) is 23.6. The van der Waals surface area contributed by atoms with Gasteiger partial charge in [-0.15, -0.1) is 0 Å². The molecule has 234 valence electrons. The largest absolute Gasteiger partial charge is 0.456 e. The monoisotopic (exact) mass is 599 g/mol. The lowest BCUT2D eigenvalue weighted by molar-refractivity contribution is -0.344. The Morgan fingerprint density at radius 3 is 1.98 bits per heavy atom. The first kappa shape index (κ1) is 33.3. The number of aliphatic hydroxyl groups excluding tert-OH is 3. The number of hydrogen-bond acceptors (Lipinski definition) is 14. The number of hydrogen-bond donors (Lipinski definition) is 4. The van der Waals surface area contributed by atoms with Crippen molar-refractivity contribution in [1.82, 2.24) is 5.32 Å². The molecule has 4 N–H and O–H groups in total. The third-order valence-electron chi connectivity index (χ3n) is 6.43. The van der Waals surface area contributed by atoms with Crippen LogP contribution in [0.4, 0.5) is 0 Å². The molecule has 1 aromatic carbocycles. The molecule has 0 aromatic heterocycles. The lowest BCUT2D eigenvalue weighted by atomic mass is 9.95. The molecule has 0 bridgehead atoms. The summed E-state index contributed by atoms with van der Waals surface area (Å²) in [5.41, 5.74) is 0.826. The number of carbonyl (C=O) groups is 4. The van der Waals surface area contributed by atoms with Crippen molar-refractivity contribution in [2.24, 2.45) is 0 Å². The first-order valence-electron chi connectivity index (χ1n) is 13.2. The van der Waals surface area contributed by atoms with Gasteiger partial charge >= 0.3 is 17.9 Å². The lowest BCUT2D eigenvalue weighted by Gasteiger charge is -2.48. The fourth-order valence-corrected chi connectivity index (χ4v) is 4.76. The Bertz CT molecular complexity index is 1070. The van der Waals surface area contributed by atoms with Crippen molar-refractivity contribution >= 4 is 23.8 Å². The summed E-state index contributed by atoms with van der Waals surface area (Å²) in [7, 11) is 0. The minimum Gasteiger partial charge on any atom is -0.456 e. The van der Waals surface area contributed by atoms with Crippen LogP contribution in [-0.2, 0) is 58.9 Å². The fourth-order valence-electron chi connectivity index (χ4n) is 4.76. The lowest BCUT2D eigenvalue weighted by Crippen LogP contribution is -2.68. The molecule has 1 amide bonds. The van der Waals surface area contributed by atoms with Gasteiger partial charge < -0.3 is 53.8 Å². The molecule has 0 radical (unpaired) electrons. The third kappa shape index (κ3) is 8.91. The van der Waals surface area contributed by atoms with E-state index in [1.54, 1.807) is 0 Å². The Hall–Kier alpha value is -3.18. The van der Waals surface area contributed by atoms with Gasteiger partial charge in [0, 0.05) is 27.7 Å². The molecule has 15 nitrogen and oxygen atoms in total. The molecule has 2 aliphatic rings. The van der Waals surface area contributed by atoms with Crippen LogP contribution in [0.2, 0.25) is 0 Å². The van der Waals surface area contributed by atoms with Crippen LogP contribution in [-0.4, -0.2) is 114 Å². The highest BCUT2D eigenvalue weighted by atomic mass is 16.7. The third-order valence-corrected chi connectivity index (χ3v) is 6.43. The normalized spacial score (nSPS) is 32.8. The Morgan fingerprint density at radius 1 is 0.810 bits per heavy atom. The van der Waals surface area contributed by atoms with Crippen LogP contribution < -0.4 is 5.32 Å². The van der Waals surface area contributed by atoms with E-state index in [1.807, 2.05) is 30.3 Å². The molecular formula is C27H37NO14. The molecule has 0 unspecified atom stereocenters. The molecule has 42 heavy (non-hydrogen) atoms. The zero-order valence-electron chi connectivity index (χ0n) is 23.6. The minimum atomic E-state index is -1.72. The number of nitrogens with one attached hydrogen (secondary N) is 1. The SMILES string of the molecule is CC(=O)N[C@@H]1[C@@H](O[C@@H]2O[C@H](COCc3ccccc3)[C@H](OC(C)=O)[C@H](OC(C)=O)[C@H]2OC(C)=O)[C@@H](O)[C@@H](CO)O[C@@H]1O. The topological polar surface area (TPSA) is 206 Å². The van der Waals surface area contributed by atoms with E-state index in [2.05, 4.69) is 5.32 Å². The average Bonchev–Trinajstić information content (AvgIpc) is 2.91. The molecule has 2 heterocycles. The second kappa shape index (κ2) is 15.3. The summed E-state index contributed by atoms with van der Waals surface area (Å²) in [5, 5.41) is 33.5. The van der Waals surface area contributed by atoms with Gasteiger partial charge in [0.25, 0.3) is 0 Å². The van der Waals surface area contributed by atoms with E-state index in [4.69, 9.17) is 33.2 Å². The van der Waals surface area contributed by atoms with Crippen LogP contribution in [0.25, 0.3) is 0 Å². The standard InChI is InChI=1S/C27H37NO14/c1-13(30)28-20-23(21(34)18(10-29)40-26(20)35)42-27-25(39-16(4)33)24(38-15(3)32)22(37-14(2)31)19(41-27)12-36-11-17-8-6-5-7-9-17/h5-9,18-27,29,34-35H,10-12H2,1-4H3,(H,28,30)/t18-,19-,20-,21+,22+,23-,24+,25-,26+,27+/m1/s1. The molecule has 10 atom stereocenters. The second-order valence-corrected chi connectivity index (χ2v) is 9.83. The minimum absolute atomic E-state index is 0.137. The summed E-state index contributed by atoms with van der Waals surface area (Å²) >= 11 is 0. The smallest absolute Gasteiger partial charge is 0.303 e. The van der Waals surface area contributed by atoms with Gasteiger partial charge in [-0.05, 0) is 5.56 Å². The molecule has 15 heteroatoms. The molecule has 2 saturated heterocycles. The second-order valence-electron chi connectivity index (χ2n) is 9.83. The van der Waals surface area contributed by atoms with Gasteiger partial charge in [-0.2, -0.15) is 0 Å². The molecule has 2 fully saturated rings. The van der Waals surface area contributed by atoms with Gasteiger partial charge in [-0.3, -0.25) is 19.2 Å². The molecule has 2 aliphatic heterocycles. The van der Waals surface area contributed by atoms with E-state index in [-0.39, 0.29) is 13.2 Å². The van der Waals surface area contributed by atoms with Crippen LogP contribution in [0.5, 0.6) is 0 Å². The van der Waals surface area contributed by atoms with E-state index in [1.165, 1.54) is 0 Å². The molecule has 0 aliphatic carbocycles. The highest BCUT2D eigenvalue weighted by Gasteiger charge is 2.55. The van der Waals surface area contributed by atoms with E-state index < -0.39 is 91.8 Å². The van der Waals surface area contributed by atoms with Crippen molar-refractivity contribution in [2.45, 2.75) is 95.7 Å². The summed E-state index contributed by atoms with van der Waals surface area (Å²) in [6, 6.07) is 7.76. The Balaban J connectivity index is 1.98. The number of aliphatic hydroxyl groups is 3. The molecule has 0 spiro atoms. The van der Waals surface area contributed by atoms with Crippen molar-refractivity contribution in [3.05, 3.63) is 35.9 Å². The van der Waals surface area contributed by atoms with Gasteiger partial charge in [0.1, 0.15) is 30.5 Å². The van der Waals surface area contributed by atoms with Crippen LogP contribution >= 0.6 is 0 Å². The number of carbonyl (C=O) groups excluding carboxylic acids is 4. The Morgan fingerprint density at radius 2 is 1.40 bits per heavy atom. The first-order chi connectivity index (χ1) is 19.9. The highest BCUT2D eigenvalue weighted by molar-refractivity contribution is 5.73. The van der Waals surface area contributed by atoms with Gasteiger partial charge in [0.2, 0.25) is 5.91 Å². The van der Waals surface area contributed by atoms with Gasteiger partial charge in [-0.1, -0.05) is 30.3 Å². The maximum Gasteiger partial charge on any atom is 0.303 e. The molecule has 0 saturated carbocycles. The Kier molecular flexibility index (Phi) is 12.2. The fraction of sp³-hybridized carbons (Fsp3) is 0.630. The summed E-state index contributed by atoms with van der Waals surface area (Å²) in [5.74, 6) is -3.01. The summed E-state index contributed by atoms with van der Waals surface area (Å²) < 4.78 is 39.4. The molecule has 3 rings (SSSR count). The van der Waals surface area contributed by atoms with Crippen LogP contribution in [0, 0.1) is 0 Å².